The van der Waals surface area contributed by atoms with Gasteiger partial charge in [0.05, 0.1) is 36.9 Å². The number of aryl methyl sites for hydroxylation is 1. The summed E-state index contributed by atoms with van der Waals surface area (Å²) in [6.07, 6.45) is 1.83. The number of hydrogen-bond acceptors (Lipinski definition) is 5. The molecule has 6 nitrogen and oxygen atoms in total. The van der Waals surface area contributed by atoms with Gasteiger partial charge in [-0.15, -0.1) is 0 Å². The highest BCUT2D eigenvalue weighted by Crippen LogP contribution is 2.31. The molecule has 2 heterocycles. The summed E-state index contributed by atoms with van der Waals surface area (Å²) in [4.78, 5) is 6.15. The molecule has 1 aliphatic heterocycles. The predicted octanol–water partition coefficient (Wildman–Crippen LogP) is -0.174. The zero-order chi connectivity index (χ0) is 14.9. The van der Waals surface area contributed by atoms with Gasteiger partial charge in [-0.3, -0.25) is 4.90 Å². The minimum absolute atomic E-state index is 0.164. The molecule has 1 fully saturated rings. The van der Waals surface area contributed by atoms with Gasteiger partial charge in [-0.05, 0) is 12.8 Å². The van der Waals surface area contributed by atoms with Gasteiger partial charge in [-0.1, -0.05) is 13.8 Å². The average Bonchev–Trinajstić information content (AvgIpc) is 2.94. The van der Waals surface area contributed by atoms with E-state index in [9.17, 15) is 15.3 Å². The van der Waals surface area contributed by atoms with Crippen LogP contribution in [-0.2, 0) is 13.1 Å². The van der Waals surface area contributed by atoms with Crippen molar-refractivity contribution in [1.82, 2.24) is 14.5 Å². The van der Waals surface area contributed by atoms with Crippen LogP contribution in [0.5, 0.6) is 0 Å². The van der Waals surface area contributed by atoms with Crippen LogP contribution < -0.4 is 0 Å². The Morgan fingerprint density at radius 2 is 2.00 bits per heavy atom. The van der Waals surface area contributed by atoms with E-state index in [1.54, 1.807) is 12.5 Å². The van der Waals surface area contributed by atoms with Gasteiger partial charge in [-0.25, -0.2) is 4.98 Å². The summed E-state index contributed by atoms with van der Waals surface area (Å²) in [5.74, 6) is 0.189. The molecule has 1 aromatic heterocycles. The first-order chi connectivity index (χ1) is 9.51. The molecule has 2 rings (SSSR count). The SMILES string of the molecule is CCn1cncc1CN1[C@H](CO)[C@@H](O)[C@@H](O)[C@@H]1C(C)C. The van der Waals surface area contributed by atoms with Crippen molar-refractivity contribution >= 4 is 0 Å². The monoisotopic (exact) mass is 283 g/mol. The molecule has 20 heavy (non-hydrogen) atoms. The minimum atomic E-state index is -0.912. The molecule has 0 aliphatic carbocycles. The Bertz CT molecular complexity index is 435. The normalized spacial score (nSPS) is 31.4. The lowest BCUT2D eigenvalue weighted by Crippen LogP contribution is -2.43. The zero-order valence-corrected chi connectivity index (χ0v) is 12.3. The number of imidazole rings is 1. The second-order valence-corrected chi connectivity index (χ2v) is 5.81. The molecule has 4 atom stereocenters. The molecular formula is C14H25N3O3. The number of hydrogen-bond donors (Lipinski definition) is 3. The predicted molar refractivity (Wildman–Crippen MR) is 75.0 cm³/mol. The van der Waals surface area contributed by atoms with E-state index in [-0.39, 0.29) is 18.6 Å². The van der Waals surface area contributed by atoms with E-state index in [0.717, 1.165) is 12.2 Å². The Kier molecular flexibility index (Phi) is 4.80. The number of aliphatic hydroxyl groups excluding tert-OH is 3. The molecule has 1 aliphatic rings. The Balaban J connectivity index is 2.25. The van der Waals surface area contributed by atoms with E-state index >= 15 is 0 Å². The van der Waals surface area contributed by atoms with Gasteiger partial charge < -0.3 is 19.9 Å². The van der Waals surface area contributed by atoms with Crippen LogP contribution in [-0.4, -0.2) is 60.7 Å². The Labute approximate surface area is 119 Å². The van der Waals surface area contributed by atoms with Gasteiger partial charge in [0.2, 0.25) is 0 Å². The van der Waals surface area contributed by atoms with E-state index in [2.05, 4.69) is 4.98 Å². The fourth-order valence-corrected chi connectivity index (χ4v) is 3.21. The summed E-state index contributed by atoms with van der Waals surface area (Å²) in [6, 6.07) is -0.597. The van der Waals surface area contributed by atoms with Crippen molar-refractivity contribution in [3.8, 4) is 0 Å². The summed E-state index contributed by atoms with van der Waals surface area (Å²) in [5, 5.41) is 29.9. The summed E-state index contributed by atoms with van der Waals surface area (Å²) in [6.45, 7) is 7.30. The van der Waals surface area contributed by atoms with Crippen LogP contribution in [0.4, 0.5) is 0 Å². The van der Waals surface area contributed by atoms with Gasteiger partial charge in [0.1, 0.15) is 0 Å². The maximum Gasteiger partial charge on any atom is 0.0991 e. The fraction of sp³-hybridized carbons (Fsp3) is 0.786. The second-order valence-electron chi connectivity index (χ2n) is 5.81. The van der Waals surface area contributed by atoms with Crippen LogP contribution in [0.15, 0.2) is 12.5 Å². The quantitative estimate of drug-likeness (QED) is 0.699. The number of nitrogens with zero attached hydrogens (tertiary/aromatic N) is 3. The van der Waals surface area contributed by atoms with E-state index in [0.29, 0.717) is 6.54 Å². The van der Waals surface area contributed by atoms with Crippen molar-refractivity contribution < 1.29 is 15.3 Å². The van der Waals surface area contributed by atoms with Crippen molar-refractivity contribution in [2.45, 2.75) is 58.2 Å². The molecule has 0 unspecified atom stereocenters. The van der Waals surface area contributed by atoms with Gasteiger partial charge in [0, 0.05) is 25.3 Å². The highest BCUT2D eigenvalue weighted by molar-refractivity contribution is 5.06. The molecule has 0 aromatic carbocycles. The summed E-state index contributed by atoms with van der Waals surface area (Å²) >= 11 is 0. The topological polar surface area (TPSA) is 81.8 Å². The number of aromatic nitrogens is 2. The van der Waals surface area contributed by atoms with E-state index in [1.165, 1.54) is 0 Å². The molecule has 0 bridgehead atoms. The lowest BCUT2D eigenvalue weighted by Gasteiger charge is -2.32. The third-order valence-electron chi connectivity index (χ3n) is 4.26. The number of likely N-dealkylation sites (tertiary alicyclic amines) is 1. The highest BCUT2D eigenvalue weighted by Gasteiger charge is 2.48. The van der Waals surface area contributed by atoms with Crippen LogP contribution in [0.1, 0.15) is 26.5 Å². The number of rotatable bonds is 5. The maximum absolute atomic E-state index is 10.2. The Hall–Kier alpha value is -0.950. The van der Waals surface area contributed by atoms with Crippen molar-refractivity contribution in [1.29, 1.82) is 0 Å². The molecule has 0 saturated carbocycles. The van der Waals surface area contributed by atoms with Crippen LogP contribution in [0, 0.1) is 5.92 Å². The molecule has 0 amide bonds. The van der Waals surface area contributed by atoms with Crippen molar-refractivity contribution in [3.63, 3.8) is 0 Å². The van der Waals surface area contributed by atoms with Crippen molar-refractivity contribution in [2.75, 3.05) is 6.61 Å². The molecule has 1 aromatic rings. The standard InChI is InChI=1S/C14H25N3O3/c1-4-16-8-15-5-10(16)6-17-11(7-18)13(19)14(20)12(17)9(2)3/h5,8-9,11-14,18-20H,4,6-7H2,1-3H3/t11-,12+,13-,14+/m1/s1. The van der Waals surface area contributed by atoms with E-state index < -0.39 is 18.2 Å². The first kappa shape index (κ1) is 15.4. The fourth-order valence-electron chi connectivity index (χ4n) is 3.21. The molecule has 1 saturated heterocycles. The van der Waals surface area contributed by atoms with Gasteiger partial charge >= 0.3 is 0 Å². The van der Waals surface area contributed by atoms with Crippen LogP contribution in [0.3, 0.4) is 0 Å². The first-order valence-corrected chi connectivity index (χ1v) is 7.23. The summed E-state index contributed by atoms with van der Waals surface area (Å²) in [7, 11) is 0. The Morgan fingerprint density at radius 3 is 2.55 bits per heavy atom. The molecule has 0 spiro atoms. The molecule has 114 valence electrons. The van der Waals surface area contributed by atoms with Gasteiger partial charge in [-0.2, -0.15) is 0 Å². The van der Waals surface area contributed by atoms with E-state index in [4.69, 9.17) is 0 Å². The first-order valence-electron chi connectivity index (χ1n) is 7.23. The zero-order valence-electron chi connectivity index (χ0n) is 12.3. The lowest BCUT2D eigenvalue weighted by molar-refractivity contribution is 0.0145. The van der Waals surface area contributed by atoms with Gasteiger partial charge in [0.25, 0.3) is 0 Å². The van der Waals surface area contributed by atoms with Gasteiger partial charge in [0.15, 0.2) is 0 Å². The number of aliphatic hydroxyl groups is 3. The molecular weight excluding hydrogens is 258 g/mol. The smallest absolute Gasteiger partial charge is 0.0991 e. The third kappa shape index (κ3) is 2.61. The highest BCUT2D eigenvalue weighted by atomic mass is 16.3. The van der Waals surface area contributed by atoms with Crippen LogP contribution in [0.25, 0.3) is 0 Å². The molecule has 3 N–H and O–H groups in total. The Morgan fingerprint density at radius 1 is 1.30 bits per heavy atom. The summed E-state index contributed by atoms with van der Waals surface area (Å²) in [5.41, 5.74) is 1.03. The van der Waals surface area contributed by atoms with Crippen molar-refractivity contribution in [2.24, 2.45) is 5.92 Å². The van der Waals surface area contributed by atoms with E-state index in [1.807, 2.05) is 30.2 Å². The second kappa shape index (κ2) is 6.22. The third-order valence-corrected chi connectivity index (χ3v) is 4.26. The van der Waals surface area contributed by atoms with Crippen LogP contribution in [0.2, 0.25) is 0 Å². The summed E-state index contributed by atoms with van der Waals surface area (Å²) < 4.78 is 2.03. The van der Waals surface area contributed by atoms with Crippen molar-refractivity contribution in [3.05, 3.63) is 18.2 Å². The minimum Gasteiger partial charge on any atom is -0.395 e. The molecule has 6 heteroatoms. The molecule has 0 radical (unpaired) electrons. The maximum atomic E-state index is 10.2. The average molecular weight is 283 g/mol. The van der Waals surface area contributed by atoms with Crippen LogP contribution >= 0.6 is 0 Å². The largest absolute Gasteiger partial charge is 0.395 e. The lowest BCUT2D eigenvalue weighted by atomic mass is 9.98.